The van der Waals surface area contributed by atoms with E-state index < -0.39 is 0 Å². The van der Waals surface area contributed by atoms with Gasteiger partial charge in [-0.2, -0.15) is 0 Å². The normalized spacial score (nSPS) is 9.93. The minimum absolute atomic E-state index is 0.671. The van der Waals surface area contributed by atoms with Crippen LogP contribution in [0.4, 0.5) is 0 Å². The molecule has 82 valence electrons. The third-order valence-electron chi connectivity index (χ3n) is 2.26. The van der Waals surface area contributed by atoms with Crippen molar-refractivity contribution in [3.8, 4) is 5.75 Å². The van der Waals surface area contributed by atoms with Crippen molar-refractivity contribution in [1.29, 1.82) is 0 Å². The Hall–Kier alpha value is -1.31. The number of rotatable bonds is 7. The van der Waals surface area contributed by atoms with Crippen LogP contribution in [-0.2, 0) is 4.79 Å². The number of hydrogen-bond donors (Lipinski definition) is 0. The van der Waals surface area contributed by atoms with Gasteiger partial charge in [0, 0.05) is 6.42 Å². The first-order chi connectivity index (χ1) is 7.33. The van der Waals surface area contributed by atoms with Gasteiger partial charge in [0.2, 0.25) is 0 Å². The molecule has 0 saturated heterocycles. The van der Waals surface area contributed by atoms with Crippen LogP contribution >= 0.6 is 0 Å². The standard InChI is InChI=1S/C13H18O2/c1-12-6-8-13(9-7-12)15-11-5-3-2-4-10-14/h6-10H,2-5,11H2,1H3. The molecule has 0 saturated carbocycles. The number of carbonyl (C=O) groups is 1. The molecule has 0 aliphatic rings. The van der Waals surface area contributed by atoms with Gasteiger partial charge < -0.3 is 9.53 Å². The predicted molar refractivity (Wildman–Crippen MR) is 61.2 cm³/mol. The summed E-state index contributed by atoms with van der Waals surface area (Å²) in [6.07, 6.45) is 4.69. The fraction of sp³-hybridized carbons (Fsp3) is 0.462. The zero-order valence-electron chi connectivity index (χ0n) is 9.24. The average Bonchev–Trinajstić information content (AvgIpc) is 2.26. The molecule has 0 unspecified atom stereocenters. The molecule has 0 aliphatic carbocycles. The predicted octanol–water partition coefficient (Wildman–Crippen LogP) is 3.13. The number of aldehydes is 1. The number of benzene rings is 1. The van der Waals surface area contributed by atoms with Crippen LogP contribution in [0, 0.1) is 6.92 Å². The van der Waals surface area contributed by atoms with E-state index in [2.05, 4.69) is 6.92 Å². The second-order valence-corrected chi connectivity index (χ2v) is 3.68. The van der Waals surface area contributed by atoms with E-state index in [1.165, 1.54) is 5.56 Å². The third kappa shape index (κ3) is 5.21. The molecule has 2 nitrogen and oxygen atoms in total. The van der Waals surface area contributed by atoms with E-state index in [-0.39, 0.29) is 0 Å². The molecule has 1 aromatic carbocycles. The zero-order chi connectivity index (χ0) is 10.9. The summed E-state index contributed by atoms with van der Waals surface area (Å²) in [5, 5.41) is 0. The van der Waals surface area contributed by atoms with Crippen molar-refractivity contribution < 1.29 is 9.53 Å². The number of hydrogen-bond acceptors (Lipinski definition) is 2. The Morgan fingerprint density at radius 1 is 1.13 bits per heavy atom. The fourth-order valence-corrected chi connectivity index (χ4v) is 1.33. The molecule has 0 spiro atoms. The molecule has 0 atom stereocenters. The summed E-state index contributed by atoms with van der Waals surface area (Å²) in [7, 11) is 0. The van der Waals surface area contributed by atoms with Gasteiger partial charge in [-0.15, -0.1) is 0 Å². The second kappa shape index (κ2) is 7.04. The van der Waals surface area contributed by atoms with Gasteiger partial charge in [0.1, 0.15) is 12.0 Å². The second-order valence-electron chi connectivity index (χ2n) is 3.68. The molecule has 1 rings (SSSR count). The van der Waals surface area contributed by atoms with E-state index in [1.54, 1.807) is 0 Å². The highest BCUT2D eigenvalue weighted by molar-refractivity contribution is 5.48. The van der Waals surface area contributed by atoms with Crippen molar-refractivity contribution in [3.05, 3.63) is 29.8 Å². The number of carbonyl (C=O) groups excluding carboxylic acids is 1. The van der Waals surface area contributed by atoms with E-state index in [1.807, 2.05) is 24.3 Å². The summed E-state index contributed by atoms with van der Waals surface area (Å²) in [4.78, 5) is 10.1. The molecule has 0 N–H and O–H groups in total. The zero-order valence-corrected chi connectivity index (χ0v) is 9.24. The van der Waals surface area contributed by atoms with Crippen molar-refractivity contribution in [3.63, 3.8) is 0 Å². The molecule has 0 aliphatic heterocycles. The Balaban J connectivity index is 2.09. The van der Waals surface area contributed by atoms with Gasteiger partial charge in [-0.05, 0) is 38.3 Å². The smallest absolute Gasteiger partial charge is 0.119 e. The topological polar surface area (TPSA) is 26.3 Å². The summed E-state index contributed by atoms with van der Waals surface area (Å²) in [5.41, 5.74) is 1.24. The summed E-state index contributed by atoms with van der Waals surface area (Å²) in [6, 6.07) is 8.06. The van der Waals surface area contributed by atoms with Gasteiger partial charge in [-0.3, -0.25) is 0 Å². The maximum Gasteiger partial charge on any atom is 0.119 e. The number of unbranched alkanes of at least 4 members (excludes halogenated alkanes) is 3. The minimum Gasteiger partial charge on any atom is -0.494 e. The largest absolute Gasteiger partial charge is 0.494 e. The Kier molecular flexibility index (Phi) is 5.52. The lowest BCUT2D eigenvalue weighted by Gasteiger charge is -2.05. The van der Waals surface area contributed by atoms with Gasteiger partial charge in [-0.1, -0.05) is 17.7 Å². The van der Waals surface area contributed by atoms with Crippen LogP contribution in [0.1, 0.15) is 31.2 Å². The van der Waals surface area contributed by atoms with E-state index >= 15 is 0 Å². The Morgan fingerprint density at radius 3 is 2.53 bits per heavy atom. The van der Waals surface area contributed by atoms with E-state index in [0.717, 1.165) is 37.9 Å². The van der Waals surface area contributed by atoms with Crippen molar-refractivity contribution in [2.24, 2.45) is 0 Å². The molecule has 1 aromatic rings. The van der Waals surface area contributed by atoms with Crippen molar-refractivity contribution in [2.45, 2.75) is 32.6 Å². The number of ether oxygens (including phenoxy) is 1. The van der Waals surface area contributed by atoms with Crippen LogP contribution in [0.25, 0.3) is 0 Å². The van der Waals surface area contributed by atoms with Crippen LogP contribution in [0.3, 0.4) is 0 Å². The maximum atomic E-state index is 10.1. The molecular weight excluding hydrogens is 188 g/mol. The van der Waals surface area contributed by atoms with Crippen LogP contribution in [-0.4, -0.2) is 12.9 Å². The first-order valence-electron chi connectivity index (χ1n) is 5.46. The quantitative estimate of drug-likeness (QED) is 0.506. The first kappa shape index (κ1) is 11.8. The molecule has 0 bridgehead atoms. The van der Waals surface area contributed by atoms with Crippen molar-refractivity contribution in [1.82, 2.24) is 0 Å². The first-order valence-corrected chi connectivity index (χ1v) is 5.46. The third-order valence-corrected chi connectivity index (χ3v) is 2.26. The molecule has 15 heavy (non-hydrogen) atoms. The summed E-state index contributed by atoms with van der Waals surface area (Å²) < 4.78 is 5.55. The van der Waals surface area contributed by atoms with Gasteiger partial charge in [0.05, 0.1) is 6.61 Å². The van der Waals surface area contributed by atoms with Crippen LogP contribution in [0.2, 0.25) is 0 Å². The lowest BCUT2D eigenvalue weighted by molar-refractivity contribution is -0.107. The Bertz CT molecular complexity index is 277. The molecule has 0 amide bonds. The lowest BCUT2D eigenvalue weighted by atomic mass is 10.2. The highest BCUT2D eigenvalue weighted by atomic mass is 16.5. The van der Waals surface area contributed by atoms with Crippen molar-refractivity contribution >= 4 is 6.29 Å². The fourth-order valence-electron chi connectivity index (χ4n) is 1.33. The SMILES string of the molecule is Cc1ccc(OCCCCCC=O)cc1. The molecule has 0 fully saturated rings. The van der Waals surface area contributed by atoms with Crippen LogP contribution < -0.4 is 4.74 Å². The monoisotopic (exact) mass is 206 g/mol. The molecule has 0 radical (unpaired) electrons. The summed E-state index contributed by atoms with van der Waals surface area (Å²) in [6.45, 7) is 2.80. The number of aryl methyl sites for hydroxylation is 1. The minimum atomic E-state index is 0.671. The highest BCUT2D eigenvalue weighted by Gasteiger charge is 1.93. The van der Waals surface area contributed by atoms with Gasteiger partial charge in [0.15, 0.2) is 0 Å². The summed E-state index contributed by atoms with van der Waals surface area (Å²) >= 11 is 0. The van der Waals surface area contributed by atoms with Gasteiger partial charge in [0.25, 0.3) is 0 Å². The maximum absolute atomic E-state index is 10.1. The van der Waals surface area contributed by atoms with Crippen molar-refractivity contribution in [2.75, 3.05) is 6.61 Å². The van der Waals surface area contributed by atoms with Gasteiger partial charge in [-0.25, -0.2) is 0 Å². The average molecular weight is 206 g/mol. The molecular formula is C13H18O2. The Morgan fingerprint density at radius 2 is 1.87 bits per heavy atom. The van der Waals surface area contributed by atoms with Crippen LogP contribution in [0.5, 0.6) is 5.75 Å². The van der Waals surface area contributed by atoms with Crippen LogP contribution in [0.15, 0.2) is 24.3 Å². The Labute approximate surface area is 91.3 Å². The van der Waals surface area contributed by atoms with Gasteiger partial charge >= 0.3 is 0 Å². The molecule has 0 aromatic heterocycles. The van der Waals surface area contributed by atoms with E-state index in [4.69, 9.17) is 4.74 Å². The molecule has 2 heteroatoms. The highest BCUT2D eigenvalue weighted by Crippen LogP contribution is 2.12. The summed E-state index contributed by atoms with van der Waals surface area (Å²) in [5.74, 6) is 0.927. The lowest BCUT2D eigenvalue weighted by Crippen LogP contribution is -1.97. The van der Waals surface area contributed by atoms with E-state index in [0.29, 0.717) is 6.42 Å². The van der Waals surface area contributed by atoms with E-state index in [9.17, 15) is 4.79 Å². The molecule has 0 heterocycles.